The van der Waals surface area contributed by atoms with Gasteiger partial charge in [-0.05, 0) is 5.56 Å². The normalized spacial score (nSPS) is 10.3. The van der Waals surface area contributed by atoms with Crippen LogP contribution in [0.3, 0.4) is 0 Å². The molecule has 0 unspecified atom stereocenters. The molecule has 0 atom stereocenters. The minimum Gasteiger partial charge on any atom is -0.483 e. The molecule has 0 fully saturated rings. The summed E-state index contributed by atoms with van der Waals surface area (Å²) in [4.78, 5) is 14.5. The SMILES string of the molecule is O=c1c(OCc2ccccc2)c[nH]c(CO)c1Cl. The Morgan fingerprint density at radius 1 is 1.28 bits per heavy atom. The molecule has 0 aliphatic carbocycles. The van der Waals surface area contributed by atoms with Gasteiger partial charge in [-0.15, -0.1) is 0 Å². The van der Waals surface area contributed by atoms with E-state index in [2.05, 4.69) is 4.98 Å². The molecular weight excluding hydrogens is 254 g/mol. The van der Waals surface area contributed by atoms with Gasteiger partial charge in [0.05, 0.1) is 12.3 Å². The fourth-order valence-corrected chi connectivity index (χ4v) is 1.69. The molecule has 94 valence electrons. The minimum absolute atomic E-state index is 0.0388. The Kier molecular flexibility index (Phi) is 4.02. The number of aliphatic hydroxyl groups is 1. The number of benzene rings is 1. The highest BCUT2D eigenvalue weighted by molar-refractivity contribution is 6.31. The zero-order chi connectivity index (χ0) is 13.0. The fourth-order valence-electron chi connectivity index (χ4n) is 1.48. The highest BCUT2D eigenvalue weighted by Crippen LogP contribution is 2.14. The van der Waals surface area contributed by atoms with Gasteiger partial charge in [-0.25, -0.2) is 0 Å². The van der Waals surface area contributed by atoms with Gasteiger partial charge in [0.1, 0.15) is 11.6 Å². The molecule has 2 aromatic rings. The van der Waals surface area contributed by atoms with Crippen LogP contribution < -0.4 is 10.2 Å². The molecule has 4 nitrogen and oxygen atoms in total. The van der Waals surface area contributed by atoms with Crippen molar-refractivity contribution in [1.82, 2.24) is 4.98 Å². The minimum atomic E-state index is -0.421. The molecule has 0 aliphatic rings. The van der Waals surface area contributed by atoms with Gasteiger partial charge >= 0.3 is 0 Å². The Hall–Kier alpha value is -1.78. The Morgan fingerprint density at radius 3 is 2.67 bits per heavy atom. The van der Waals surface area contributed by atoms with Crippen LogP contribution in [0, 0.1) is 0 Å². The molecule has 2 rings (SSSR count). The summed E-state index contributed by atoms with van der Waals surface area (Å²) in [5.41, 5.74) is 0.823. The summed E-state index contributed by atoms with van der Waals surface area (Å²) in [6.45, 7) is -0.0221. The predicted octanol–water partition coefficient (Wildman–Crippen LogP) is 2.10. The van der Waals surface area contributed by atoms with Crippen molar-refractivity contribution in [3.05, 3.63) is 63.0 Å². The van der Waals surface area contributed by atoms with Crippen molar-refractivity contribution in [2.24, 2.45) is 0 Å². The second-order valence-corrected chi connectivity index (χ2v) is 4.08. The molecule has 0 saturated heterocycles. The van der Waals surface area contributed by atoms with Crippen molar-refractivity contribution in [3.63, 3.8) is 0 Å². The fraction of sp³-hybridized carbons (Fsp3) is 0.154. The van der Waals surface area contributed by atoms with Crippen LogP contribution in [0.15, 0.2) is 41.3 Å². The van der Waals surface area contributed by atoms with Crippen LogP contribution in [-0.2, 0) is 13.2 Å². The van der Waals surface area contributed by atoms with Gasteiger partial charge in [0.15, 0.2) is 5.75 Å². The second-order valence-electron chi connectivity index (χ2n) is 3.71. The standard InChI is InChI=1S/C13H12ClNO3/c14-12-10(7-16)15-6-11(13(12)17)18-8-9-4-2-1-3-5-9/h1-6,16H,7-8H2,(H,15,17). The van der Waals surface area contributed by atoms with Gasteiger partial charge in [-0.1, -0.05) is 41.9 Å². The quantitative estimate of drug-likeness (QED) is 0.890. The summed E-state index contributed by atoms with van der Waals surface area (Å²) in [6.07, 6.45) is 1.41. The zero-order valence-corrected chi connectivity index (χ0v) is 10.3. The van der Waals surface area contributed by atoms with E-state index in [4.69, 9.17) is 21.4 Å². The molecule has 5 heteroatoms. The number of hydrogen-bond acceptors (Lipinski definition) is 3. The average Bonchev–Trinajstić information content (AvgIpc) is 2.42. The van der Waals surface area contributed by atoms with Gasteiger partial charge in [-0.3, -0.25) is 4.79 Å². The van der Waals surface area contributed by atoms with Gasteiger partial charge in [-0.2, -0.15) is 0 Å². The number of aromatic nitrogens is 1. The van der Waals surface area contributed by atoms with Crippen LogP contribution in [0.2, 0.25) is 5.02 Å². The van der Waals surface area contributed by atoms with Crippen molar-refractivity contribution in [1.29, 1.82) is 0 Å². The monoisotopic (exact) mass is 265 g/mol. The molecule has 0 spiro atoms. The topological polar surface area (TPSA) is 62.3 Å². The summed E-state index contributed by atoms with van der Waals surface area (Å²) in [5, 5.41) is 8.91. The smallest absolute Gasteiger partial charge is 0.242 e. The van der Waals surface area contributed by atoms with E-state index in [-0.39, 0.29) is 23.1 Å². The highest BCUT2D eigenvalue weighted by atomic mass is 35.5. The van der Waals surface area contributed by atoms with Crippen molar-refractivity contribution in [2.45, 2.75) is 13.2 Å². The van der Waals surface area contributed by atoms with Crippen molar-refractivity contribution >= 4 is 11.6 Å². The van der Waals surface area contributed by atoms with Crippen LogP contribution in [0.1, 0.15) is 11.3 Å². The third-order valence-corrected chi connectivity index (χ3v) is 2.86. The summed E-state index contributed by atoms with van der Waals surface area (Å²) in [7, 11) is 0. The summed E-state index contributed by atoms with van der Waals surface area (Å²) in [5.74, 6) is 0.140. The first-order valence-corrected chi connectivity index (χ1v) is 5.78. The Morgan fingerprint density at radius 2 is 2.00 bits per heavy atom. The zero-order valence-electron chi connectivity index (χ0n) is 9.52. The summed E-state index contributed by atoms with van der Waals surface area (Å²) in [6, 6.07) is 9.49. The van der Waals surface area contributed by atoms with E-state index in [9.17, 15) is 4.79 Å². The lowest BCUT2D eigenvalue weighted by molar-refractivity contribution is 0.274. The number of aliphatic hydroxyl groups excluding tert-OH is 1. The maximum absolute atomic E-state index is 11.8. The summed E-state index contributed by atoms with van der Waals surface area (Å²) < 4.78 is 5.39. The van der Waals surface area contributed by atoms with Crippen LogP contribution in [0.5, 0.6) is 5.75 Å². The van der Waals surface area contributed by atoms with Crippen LogP contribution in [0.4, 0.5) is 0 Å². The Labute approximate surface area is 109 Å². The van der Waals surface area contributed by atoms with Crippen LogP contribution >= 0.6 is 11.6 Å². The van der Waals surface area contributed by atoms with E-state index >= 15 is 0 Å². The number of H-pyrrole nitrogens is 1. The van der Waals surface area contributed by atoms with E-state index in [0.717, 1.165) is 5.56 Å². The van der Waals surface area contributed by atoms with E-state index in [0.29, 0.717) is 6.61 Å². The number of hydrogen-bond donors (Lipinski definition) is 2. The third-order valence-electron chi connectivity index (χ3n) is 2.46. The molecule has 18 heavy (non-hydrogen) atoms. The molecule has 0 radical (unpaired) electrons. The predicted molar refractivity (Wildman–Crippen MR) is 68.8 cm³/mol. The lowest BCUT2D eigenvalue weighted by Crippen LogP contribution is -2.12. The molecule has 0 amide bonds. The van der Waals surface area contributed by atoms with Crippen molar-refractivity contribution in [3.8, 4) is 5.75 Å². The second kappa shape index (κ2) is 5.71. The van der Waals surface area contributed by atoms with Gasteiger partial charge in [0.2, 0.25) is 5.43 Å². The first kappa shape index (κ1) is 12.7. The first-order valence-electron chi connectivity index (χ1n) is 5.40. The van der Waals surface area contributed by atoms with Gasteiger partial charge < -0.3 is 14.8 Å². The van der Waals surface area contributed by atoms with E-state index in [1.165, 1.54) is 6.20 Å². The number of aromatic amines is 1. The Bertz CT molecular complexity index is 581. The van der Waals surface area contributed by atoms with E-state index in [1.807, 2.05) is 30.3 Å². The number of pyridine rings is 1. The number of rotatable bonds is 4. The molecule has 0 saturated carbocycles. The lowest BCUT2D eigenvalue weighted by atomic mass is 10.2. The first-order chi connectivity index (χ1) is 8.72. The van der Waals surface area contributed by atoms with Crippen molar-refractivity contribution in [2.75, 3.05) is 0 Å². The number of nitrogens with one attached hydrogen (secondary N) is 1. The average molecular weight is 266 g/mol. The maximum atomic E-state index is 11.8. The molecule has 0 aliphatic heterocycles. The van der Waals surface area contributed by atoms with Gasteiger partial charge in [0, 0.05) is 6.20 Å². The number of halogens is 1. The molecule has 1 aromatic carbocycles. The van der Waals surface area contributed by atoms with Gasteiger partial charge in [0.25, 0.3) is 0 Å². The largest absolute Gasteiger partial charge is 0.483 e. The van der Waals surface area contributed by atoms with Crippen LogP contribution in [-0.4, -0.2) is 10.1 Å². The lowest BCUT2D eigenvalue weighted by Gasteiger charge is -2.07. The van der Waals surface area contributed by atoms with Crippen molar-refractivity contribution < 1.29 is 9.84 Å². The number of ether oxygens (including phenoxy) is 1. The summed E-state index contributed by atoms with van der Waals surface area (Å²) >= 11 is 5.80. The van der Waals surface area contributed by atoms with Crippen LogP contribution in [0.25, 0.3) is 0 Å². The molecule has 1 heterocycles. The molecular formula is C13H12ClNO3. The molecule has 0 bridgehead atoms. The highest BCUT2D eigenvalue weighted by Gasteiger charge is 2.09. The Balaban J connectivity index is 2.16. The third kappa shape index (κ3) is 2.72. The van der Waals surface area contributed by atoms with E-state index < -0.39 is 5.43 Å². The van der Waals surface area contributed by atoms with E-state index in [1.54, 1.807) is 0 Å². The molecule has 1 aromatic heterocycles. The maximum Gasteiger partial charge on any atom is 0.242 e. The molecule has 2 N–H and O–H groups in total.